The largest absolute Gasteiger partial charge is 0.480 e. The summed E-state index contributed by atoms with van der Waals surface area (Å²) in [6.07, 6.45) is 3.07. The number of pyridine rings is 1. The molecule has 0 aliphatic heterocycles. The minimum Gasteiger partial charge on any atom is -0.480 e. The molecule has 1 unspecified atom stereocenters. The number of carbonyl (C=O) groups is 1. The van der Waals surface area contributed by atoms with Gasteiger partial charge in [0.25, 0.3) is 0 Å². The number of aliphatic carboxylic acids is 1. The molecule has 1 atom stereocenters. The molecule has 2 aromatic heterocycles. The van der Waals surface area contributed by atoms with Crippen molar-refractivity contribution >= 4 is 17.0 Å². The Morgan fingerprint density at radius 2 is 1.86 bits per heavy atom. The van der Waals surface area contributed by atoms with Crippen molar-refractivity contribution in [2.24, 2.45) is 0 Å². The molecule has 7 heteroatoms. The number of aromatic nitrogens is 3. The fourth-order valence-electron chi connectivity index (χ4n) is 2.30. The Morgan fingerprint density at radius 1 is 1.23 bits per heavy atom. The van der Waals surface area contributed by atoms with Gasteiger partial charge in [0, 0.05) is 30.1 Å². The molecule has 0 saturated carbocycles. The van der Waals surface area contributed by atoms with Gasteiger partial charge in [-0.15, -0.1) is 0 Å². The number of nitrogens with zero attached hydrogens (tertiary/aromatic N) is 3. The Balaban J connectivity index is 2.36. The molecule has 0 aliphatic carbocycles. The summed E-state index contributed by atoms with van der Waals surface area (Å²) >= 11 is 0. The Morgan fingerprint density at radius 3 is 2.50 bits per heavy atom. The molecule has 2 heterocycles. The summed E-state index contributed by atoms with van der Waals surface area (Å²) in [5.74, 6) is -2.86. The summed E-state index contributed by atoms with van der Waals surface area (Å²) in [6.45, 7) is 1.45. The molecular weight excluding hydrogens is 292 g/mol. The van der Waals surface area contributed by atoms with E-state index >= 15 is 0 Å². The van der Waals surface area contributed by atoms with Gasteiger partial charge in [0.1, 0.15) is 11.9 Å². The quantitative estimate of drug-likeness (QED) is 0.807. The zero-order valence-corrected chi connectivity index (χ0v) is 11.5. The first-order valence-electron chi connectivity index (χ1n) is 6.49. The molecule has 22 heavy (non-hydrogen) atoms. The van der Waals surface area contributed by atoms with E-state index < -0.39 is 23.6 Å². The molecule has 0 saturated heterocycles. The van der Waals surface area contributed by atoms with E-state index in [4.69, 9.17) is 0 Å². The number of carboxylic acids is 1. The van der Waals surface area contributed by atoms with E-state index in [1.54, 1.807) is 12.1 Å². The van der Waals surface area contributed by atoms with Gasteiger partial charge >= 0.3 is 5.97 Å². The first-order chi connectivity index (χ1) is 10.5. The molecule has 3 aromatic rings. The minimum atomic E-state index is -1.10. The van der Waals surface area contributed by atoms with Gasteiger partial charge in [-0.1, -0.05) is 0 Å². The van der Waals surface area contributed by atoms with Crippen LogP contribution in [0.3, 0.4) is 0 Å². The highest BCUT2D eigenvalue weighted by Gasteiger charge is 2.23. The van der Waals surface area contributed by atoms with Crippen LogP contribution >= 0.6 is 0 Å². The molecule has 0 fully saturated rings. The Bertz CT molecular complexity index is 862. The first-order valence-corrected chi connectivity index (χ1v) is 6.49. The van der Waals surface area contributed by atoms with Crippen LogP contribution in [0, 0.1) is 11.6 Å². The highest BCUT2D eigenvalue weighted by Crippen LogP contribution is 2.29. The number of rotatable bonds is 3. The molecule has 1 aromatic carbocycles. The zero-order valence-electron chi connectivity index (χ0n) is 11.5. The number of hydrogen-bond donors (Lipinski definition) is 1. The van der Waals surface area contributed by atoms with E-state index in [9.17, 15) is 18.7 Å². The van der Waals surface area contributed by atoms with Gasteiger partial charge in [-0.3, -0.25) is 4.98 Å². The lowest BCUT2D eigenvalue weighted by Crippen LogP contribution is -2.16. The Hall–Kier alpha value is -2.83. The summed E-state index contributed by atoms with van der Waals surface area (Å²) in [4.78, 5) is 19.5. The maximum absolute atomic E-state index is 13.5. The van der Waals surface area contributed by atoms with Gasteiger partial charge in [-0.25, -0.2) is 18.6 Å². The number of fused-ring (bicyclic) bond motifs is 1. The van der Waals surface area contributed by atoms with Crippen molar-refractivity contribution < 1.29 is 18.7 Å². The molecule has 3 rings (SSSR count). The van der Waals surface area contributed by atoms with Crippen LogP contribution in [0.15, 0.2) is 36.7 Å². The van der Waals surface area contributed by atoms with Crippen molar-refractivity contribution in [2.75, 3.05) is 0 Å². The van der Waals surface area contributed by atoms with Gasteiger partial charge in [0.2, 0.25) is 0 Å². The number of benzene rings is 1. The van der Waals surface area contributed by atoms with E-state index in [2.05, 4.69) is 9.97 Å². The van der Waals surface area contributed by atoms with Gasteiger partial charge in [0.05, 0.1) is 11.0 Å². The predicted molar refractivity (Wildman–Crippen MR) is 75.2 cm³/mol. The van der Waals surface area contributed by atoms with Crippen LogP contribution < -0.4 is 0 Å². The highest BCUT2D eigenvalue weighted by atomic mass is 19.2. The molecule has 0 spiro atoms. The average Bonchev–Trinajstić information content (AvgIpc) is 2.86. The van der Waals surface area contributed by atoms with Crippen molar-refractivity contribution in [3.63, 3.8) is 0 Å². The smallest absolute Gasteiger partial charge is 0.326 e. The third-order valence-electron chi connectivity index (χ3n) is 3.41. The lowest BCUT2D eigenvalue weighted by Gasteiger charge is -2.13. The van der Waals surface area contributed by atoms with E-state index in [1.807, 2.05) is 0 Å². The van der Waals surface area contributed by atoms with Gasteiger partial charge in [-0.2, -0.15) is 0 Å². The number of hydrogen-bond acceptors (Lipinski definition) is 3. The highest BCUT2D eigenvalue weighted by molar-refractivity contribution is 5.84. The van der Waals surface area contributed by atoms with Crippen LogP contribution in [0.2, 0.25) is 0 Å². The summed E-state index contributed by atoms with van der Waals surface area (Å²) in [6, 6.07) is 4.23. The maximum atomic E-state index is 13.5. The second kappa shape index (κ2) is 5.18. The molecule has 0 amide bonds. The van der Waals surface area contributed by atoms with Crippen LogP contribution in [-0.2, 0) is 4.79 Å². The van der Waals surface area contributed by atoms with E-state index in [0.717, 1.165) is 12.1 Å². The topological polar surface area (TPSA) is 68.0 Å². The second-order valence-electron chi connectivity index (χ2n) is 4.81. The van der Waals surface area contributed by atoms with Crippen LogP contribution in [0.1, 0.15) is 13.0 Å². The van der Waals surface area contributed by atoms with Crippen LogP contribution in [0.25, 0.3) is 22.4 Å². The van der Waals surface area contributed by atoms with Crippen molar-refractivity contribution in [1.29, 1.82) is 0 Å². The summed E-state index contributed by atoms with van der Waals surface area (Å²) in [5.41, 5.74) is 1.03. The van der Waals surface area contributed by atoms with E-state index in [1.165, 1.54) is 23.9 Å². The molecule has 0 radical (unpaired) electrons. The number of carboxylic acid groups (broad SMARTS) is 1. The van der Waals surface area contributed by atoms with Crippen LogP contribution in [0.4, 0.5) is 8.78 Å². The fourth-order valence-corrected chi connectivity index (χ4v) is 2.30. The first kappa shape index (κ1) is 14.1. The molecule has 0 aliphatic rings. The van der Waals surface area contributed by atoms with Crippen molar-refractivity contribution in [3.8, 4) is 11.4 Å². The maximum Gasteiger partial charge on any atom is 0.326 e. The normalized spacial score (nSPS) is 12.5. The van der Waals surface area contributed by atoms with Crippen molar-refractivity contribution in [1.82, 2.24) is 14.5 Å². The van der Waals surface area contributed by atoms with Crippen LogP contribution in [0.5, 0.6) is 0 Å². The molecule has 112 valence electrons. The third kappa shape index (κ3) is 2.20. The summed E-state index contributed by atoms with van der Waals surface area (Å²) < 4.78 is 28.3. The molecular formula is C15H11F2N3O2. The summed E-state index contributed by atoms with van der Waals surface area (Å²) in [5, 5.41) is 9.28. The van der Waals surface area contributed by atoms with Crippen molar-refractivity contribution in [3.05, 3.63) is 48.3 Å². The molecule has 0 bridgehead atoms. The number of imidazole rings is 1. The van der Waals surface area contributed by atoms with Crippen LogP contribution in [-0.4, -0.2) is 25.6 Å². The van der Waals surface area contributed by atoms with E-state index in [-0.39, 0.29) is 11.0 Å². The fraction of sp³-hybridized carbons (Fsp3) is 0.133. The third-order valence-corrected chi connectivity index (χ3v) is 3.41. The van der Waals surface area contributed by atoms with Gasteiger partial charge < -0.3 is 9.67 Å². The second-order valence-corrected chi connectivity index (χ2v) is 4.81. The molecule has 1 N–H and O–H groups in total. The SMILES string of the molecule is CC(C(=O)O)n1c(-c2ccncc2)nc2cc(F)c(F)cc21. The minimum absolute atomic E-state index is 0.193. The standard InChI is InChI=1S/C15H11F2N3O2/c1-8(15(21)22)20-13-7-11(17)10(16)6-12(13)19-14(20)9-2-4-18-5-3-9/h2-8H,1H3,(H,21,22). The zero-order chi connectivity index (χ0) is 15.9. The average molecular weight is 303 g/mol. The molecule has 5 nitrogen and oxygen atoms in total. The van der Waals surface area contributed by atoms with Gasteiger partial charge in [-0.05, 0) is 19.1 Å². The Kier molecular flexibility index (Phi) is 3.32. The van der Waals surface area contributed by atoms with Gasteiger partial charge in [0.15, 0.2) is 11.6 Å². The number of halogens is 2. The monoisotopic (exact) mass is 303 g/mol. The lowest BCUT2D eigenvalue weighted by molar-refractivity contribution is -0.140. The van der Waals surface area contributed by atoms with Crippen molar-refractivity contribution in [2.45, 2.75) is 13.0 Å². The Labute approximate surface area is 123 Å². The summed E-state index contributed by atoms with van der Waals surface area (Å²) in [7, 11) is 0. The predicted octanol–water partition coefficient (Wildman–Crippen LogP) is 3.02. The lowest BCUT2D eigenvalue weighted by atomic mass is 10.2. The van der Waals surface area contributed by atoms with E-state index in [0.29, 0.717) is 11.4 Å².